The number of imide groups is 1. The number of benzene rings is 1. The van der Waals surface area contributed by atoms with E-state index in [9.17, 15) is 14.7 Å². The number of urea groups is 1. The van der Waals surface area contributed by atoms with Crippen molar-refractivity contribution in [1.82, 2.24) is 15.1 Å². The number of aliphatic hydroxyl groups excluding tert-OH is 1. The van der Waals surface area contributed by atoms with Crippen LogP contribution in [0.5, 0.6) is 0 Å². The maximum absolute atomic E-state index is 12.4. The van der Waals surface area contributed by atoms with E-state index >= 15 is 0 Å². The van der Waals surface area contributed by atoms with Crippen LogP contribution < -0.4 is 5.32 Å². The smallest absolute Gasteiger partial charge is 0.333 e. The minimum Gasteiger partial charge on any atom is -0.387 e. The topological polar surface area (TPSA) is 88.2 Å². The van der Waals surface area contributed by atoms with Crippen molar-refractivity contribution >= 4 is 36.5 Å². The Bertz CT molecular complexity index is 768. The molecule has 3 atom stereocenters. The zero-order valence-electron chi connectivity index (χ0n) is 15.6. The molecule has 0 radical (unpaired) electrons. The number of rotatable bonds is 6. The van der Waals surface area contributed by atoms with Gasteiger partial charge in [0.15, 0.2) is 0 Å². The van der Waals surface area contributed by atoms with Crippen molar-refractivity contribution in [2.45, 2.75) is 25.1 Å². The molecule has 3 amide bonds. The lowest BCUT2D eigenvalue weighted by atomic mass is 10.0. The summed E-state index contributed by atoms with van der Waals surface area (Å²) < 4.78 is 1.81. The molecule has 1 saturated heterocycles. The fourth-order valence-corrected chi connectivity index (χ4v) is 3.20. The minimum atomic E-state index is -0.614. The van der Waals surface area contributed by atoms with Crippen molar-refractivity contribution in [3.63, 3.8) is 0 Å². The molecule has 0 saturated carbocycles. The molecule has 146 valence electrons. The molecule has 0 aliphatic carbocycles. The summed E-state index contributed by atoms with van der Waals surface area (Å²) in [6.45, 7) is 3.01. The predicted octanol–water partition coefficient (Wildman–Crippen LogP) is 0.465. The number of likely N-dealkylation sites (N-methyl/N-ethyl adjacent to an activating group) is 2. The lowest BCUT2D eigenvalue weighted by Gasteiger charge is -2.30. The fourth-order valence-electron chi connectivity index (χ4n) is 3.20. The number of amidine groups is 1. The summed E-state index contributed by atoms with van der Waals surface area (Å²) in [6, 6.07) is 8.39. The molecule has 2 heterocycles. The first-order valence-electron chi connectivity index (χ1n) is 8.60. The monoisotopic (exact) mass is 394 g/mol. The Morgan fingerprint density at radius 2 is 1.89 bits per heavy atom. The van der Waals surface area contributed by atoms with Crippen LogP contribution in [0.1, 0.15) is 18.6 Å². The van der Waals surface area contributed by atoms with Gasteiger partial charge in [0.25, 0.3) is 24.1 Å². The maximum atomic E-state index is 12.4. The SMILES string of the molecule is CC(NCC[N+]1=CN=C2C1C(=O)N(C)C(=O)N2C)C(O)c1ccccc1.Cl. The molecule has 3 rings (SSSR count). The van der Waals surface area contributed by atoms with Crippen LogP contribution in [0.4, 0.5) is 4.79 Å². The molecule has 2 aliphatic heterocycles. The highest BCUT2D eigenvalue weighted by atomic mass is 35.5. The minimum absolute atomic E-state index is 0. The Labute approximate surface area is 164 Å². The molecule has 1 aromatic rings. The van der Waals surface area contributed by atoms with Crippen molar-refractivity contribution in [2.24, 2.45) is 4.99 Å². The Kier molecular flexibility index (Phi) is 6.69. The normalized spacial score (nSPS) is 21.3. The highest BCUT2D eigenvalue weighted by Crippen LogP contribution is 2.17. The first kappa shape index (κ1) is 21.0. The highest BCUT2D eigenvalue weighted by molar-refractivity contribution is 6.21. The van der Waals surface area contributed by atoms with Gasteiger partial charge in [0.05, 0.1) is 12.6 Å². The molecular formula is C18H25ClN5O3+. The number of fused-ring (bicyclic) bond motifs is 1. The van der Waals surface area contributed by atoms with Crippen LogP contribution in [0.2, 0.25) is 0 Å². The molecule has 9 heteroatoms. The van der Waals surface area contributed by atoms with Gasteiger partial charge in [-0.15, -0.1) is 12.4 Å². The number of aliphatic imine (C=N–C) groups is 1. The average molecular weight is 395 g/mol. The second-order valence-corrected chi connectivity index (χ2v) is 6.58. The predicted molar refractivity (Wildman–Crippen MR) is 104 cm³/mol. The molecule has 27 heavy (non-hydrogen) atoms. The van der Waals surface area contributed by atoms with E-state index in [-0.39, 0.29) is 30.4 Å². The first-order chi connectivity index (χ1) is 12.4. The Morgan fingerprint density at radius 1 is 1.22 bits per heavy atom. The Balaban J connectivity index is 0.00000261. The molecule has 0 spiro atoms. The van der Waals surface area contributed by atoms with E-state index in [1.165, 1.54) is 11.9 Å². The first-order valence-corrected chi connectivity index (χ1v) is 8.60. The summed E-state index contributed by atoms with van der Waals surface area (Å²) in [5.41, 5.74) is 0.857. The largest absolute Gasteiger partial charge is 0.387 e. The second kappa shape index (κ2) is 8.60. The summed E-state index contributed by atoms with van der Waals surface area (Å²) in [5.74, 6) is 0.174. The van der Waals surface area contributed by atoms with Gasteiger partial charge < -0.3 is 10.4 Å². The summed E-state index contributed by atoms with van der Waals surface area (Å²) in [7, 11) is 3.09. The van der Waals surface area contributed by atoms with E-state index in [2.05, 4.69) is 10.3 Å². The van der Waals surface area contributed by atoms with Crippen LogP contribution in [0.25, 0.3) is 0 Å². The summed E-state index contributed by atoms with van der Waals surface area (Å²) in [6.07, 6.45) is 0.984. The van der Waals surface area contributed by atoms with Crippen molar-refractivity contribution in [3.05, 3.63) is 35.9 Å². The number of carbonyl (C=O) groups is 2. The quantitative estimate of drug-likeness (QED) is 0.686. The van der Waals surface area contributed by atoms with Crippen LogP contribution in [-0.2, 0) is 4.79 Å². The van der Waals surface area contributed by atoms with Gasteiger partial charge in [0, 0.05) is 26.7 Å². The van der Waals surface area contributed by atoms with Crippen molar-refractivity contribution < 1.29 is 19.3 Å². The third-order valence-electron chi connectivity index (χ3n) is 4.85. The zero-order chi connectivity index (χ0) is 18.8. The summed E-state index contributed by atoms with van der Waals surface area (Å²) in [5, 5.41) is 13.7. The van der Waals surface area contributed by atoms with E-state index < -0.39 is 12.1 Å². The lowest BCUT2D eigenvalue weighted by molar-refractivity contribution is -0.529. The van der Waals surface area contributed by atoms with Gasteiger partial charge in [-0.2, -0.15) is 0 Å². The number of nitrogens with one attached hydrogen (secondary N) is 1. The van der Waals surface area contributed by atoms with E-state index in [1.807, 2.05) is 41.8 Å². The van der Waals surface area contributed by atoms with Gasteiger partial charge in [0.1, 0.15) is 0 Å². The molecule has 2 aliphatic rings. The van der Waals surface area contributed by atoms with Crippen molar-refractivity contribution in [1.29, 1.82) is 0 Å². The number of nitrogens with zero attached hydrogens (tertiary/aromatic N) is 4. The highest BCUT2D eigenvalue weighted by Gasteiger charge is 2.50. The fraction of sp³-hybridized carbons (Fsp3) is 0.444. The third kappa shape index (κ3) is 4.02. The molecule has 0 bridgehead atoms. The molecular weight excluding hydrogens is 370 g/mol. The number of halogens is 1. The van der Waals surface area contributed by atoms with E-state index in [1.54, 1.807) is 13.4 Å². The van der Waals surface area contributed by atoms with Gasteiger partial charge >= 0.3 is 6.03 Å². The standard InChI is InChI=1S/C18H24N5O3.ClH/c1-12(15(24)13-7-5-4-6-8-13)19-9-10-23-11-20-16-14(23)17(25)22(3)18(26)21(16)2;/h4-8,11-12,14-15,19,24H,9-10H2,1-3H3;1H/q+1;. The summed E-state index contributed by atoms with van der Waals surface area (Å²) >= 11 is 0. The summed E-state index contributed by atoms with van der Waals surface area (Å²) in [4.78, 5) is 31.2. The van der Waals surface area contributed by atoms with Crippen LogP contribution >= 0.6 is 12.4 Å². The number of aliphatic hydroxyl groups is 1. The maximum Gasteiger partial charge on any atom is 0.333 e. The second-order valence-electron chi connectivity index (χ2n) is 6.58. The average Bonchev–Trinajstić information content (AvgIpc) is 3.08. The molecule has 2 N–H and O–H groups in total. The lowest BCUT2D eigenvalue weighted by Crippen LogP contribution is -2.61. The van der Waals surface area contributed by atoms with Crippen molar-refractivity contribution in [3.8, 4) is 0 Å². The van der Waals surface area contributed by atoms with Gasteiger partial charge in [-0.3, -0.25) is 14.6 Å². The van der Waals surface area contributed by atoms with Gasteiger partial charge in [-0.1, -0.05) is 30.3 Å². The van der Waals surface area contributed by atoms with Crippen molar-refractivity contribution in [2.75, 3.05) is 27.2 Å². The number of hydrogen-bond acceptors (Lipinski definition) is 5. The zero-order valence-corrected chi connectivity index (χ0v) is 16.4. The van der Waals surface area contributed by atoms with Crippen LogP contribution in [0.3, 0.4) is 0 Å². The molecule has 3 unspecified atom stereocenters. The number of amides is 3. The molecule has 1 aromatic carbocycles. The molecule has 1 fully saturated rings. The van der Waals surface area contributed by atoms with Gasteiger partial charge in [0.2, 0.25) is 0 Å². The van der Waals surface area contributed by atoms with Gasteiger partial charge in [-0.25, -0.2) is 9.37 Å². The van der Waals surface area contributed by atoms with Crippen LogP contribution in [0, 0.1) is 0 Å². The van der Waals surface area contributed by atoms with Crippen LogP contribution in [0.15, 0.2) is 35.3 Å². The molecule has 8 nitrogen and oxygen atoms in total. The Hall–Kier alpha value is -2.29. The van der Waals surface area contributed by atoms with E-state index in [0.29, 0.717) is 18.9 Å². The van der Waals surface area contributed by atoms with E-state index in [4.69, 9.17) is 0 Å². The van der Waals surface area contributed by atoms with Crippen LogP contribution in [-0.4, -0.2) is 82.9 Å². The third-order valence-corrected chi connectivity index (χ3v) is 4.85. The Morgan fingerprint density at radius 3 is 2.56 bits per heavy atom. The van der Waals surface area contributed by atoms with Gasteiger partial charge in [-0.05, 0) is 17.5 Å². The number of hydrogen-bond donors (Lipinski definition) is 2. The van der Waals surface area contributed by atoms with E-state index in [0.717, 1.165) is 10.5 Å². The molecule has 0 aromatic heterocycles. The number of carbonyl (C=O) groups excluding carboxylic acids is 2.